The second-order valence-corrected chi connectivity index (χ2v) is 5.15. The average Bonchev–Trinajstić information content (AvgIpc) is 2.94. The normalized spacial score (nSPS) is 21.6. The minimum absolute atomic E-state index is 0. The number of anilines is 1. The van der Waals surface area contributed by atoms with E-state index >= 15 is 0 Å². The predicted molar refractivity (Wildman–Crippen MR) is 84.0 cm³/mol. The number of nitrogens with zero attached hydrogens (tertiary/aromatic N) is 1. The third kappa shape index (κ3) is 2.34. The van der Waals surface area contributed by atoms with Gasteiger partial charge in [0.15, 0.2) is 0 Å². The van der Waals surface area contributed by atoms with Crippen molar-refractivity contribution >= 4 is 14.1 Å². The molecule has 0 spiro atoms. The van der Waals surface area contributed by atoms with Gasteiger partial charge >= 0.3 is 0 Å². The lowest BCUT2D eigenvalue weighted by atomic mass is 9.87. The lowest BCUT2D eigenvalue weighted by molar-refractivity contribution is 0.198. The molecule has 2 nitrogen and oxygen atoms in total. The predicted octanol–water partition coefficient (Wildman–Crippen LogP) is 2.79. The first-order valence-electron chi connectivity index (χ1n) is 6.86. The Labute approximate surface area is 122 Å². The second-order valence-electron chi connectivity index (χ2n) is 5.15. The van der Waals surface area contributed by atoms with E-state index in [1.165, 1.54) is 11.3 Å². The summed E-state index contributed by atoms with van der Waals surface area (Å²) in [7, 11) is 0. The SMILES string of the molecule is OC[C@@]1(c2ccccc2)CCCN1c1ccccc1.[B]. The van der Waals surface area contributed by atoms with Gasteiger partial charge in [0, 0.05) is 20.6 Å². The van der Waals surface area contributed by atoms with Crippen molar-refractivity contribution in [2.45, 2.75) is 18.4 Å². The van der Waals surface area contributed by atoms with E-state index in [9.17, 15) is 5.11 Å². The highest BCUT2D eigenvalue weighted by molar-refractivity contribution is 5.75. The van der Waals surface area contributed by atoms with Crippen LogP contribution in [0.2, 0.25) is 0 Å². The Morgan fingerprint density at radius 1 is 0.950 bits per heavy atom. The fourth-order valence-electron chi connectivity index (χ4n) is 3.17. The third-order valence-electron chi connectivity index (χ3n) is 4.13. The first-order valence-corrected chi connectivity index (χ1v) is 6.86. The van der Waals surface area contributed by atoms with Crippen molar-refractivity contribution < 1.29 is 5.11 Å². The maximum atomic E-state index is 10.1. The first kappa shape index (κ1) is 14.7. The molecule has 101 valence electrons. The summed E-state index contributed by atoms with van der Waals surface area (Å²) in [6, 6.07) is 20.8. The van der Waals surface area contributed by atoms with Gasteiger partial charge < -0.3 is 10.0 Å². The Balaban J connectivity index is 0.00000147. The minimum Gasteiger partial charge on any atom is -0.394 e. The Morgan fingerprint density at radius 3 is 2.15 bits per heavy atom. The van der Waals surface area contributed by atoms with Crippen LogP contribution in [0.3, 0.4) is 0 Å². The van der Waals surface area contributed by atoms with Gasteiger partial charge in [-0.25, -0.2) is 0 Å². The maximum absolute atomic E-state index is 10.1. The molecule has 1 N–H and O–H groups in total. The van der Waals surface area contributed by atoms with Gasteiger partial charge in [-0.15, -0.1) is 0 Å². The zero-order chi connectivity index (χ0) is 13.1. The van der Waals surface area contributed by atoms with Gasteiger partial charge in [0.2, 0.25) is 0 Å². The number of para-hydroxylation sites is 1. The van der Waals surface area contributed by atoms with Crippen molar-refractivity contribution in [3.05, 3.63) is 66.2 Å². The monoisotopic (exact) mass is 264 g/mol. The molecule has 20 heavy (non-hydrogen) atoms. The van der Waals surface area contributed by atoms with Crippen LogP contribution in [-0.4, -0.2) is 26.7 Å². The van der Waals surface area contributed by atoms with Crippen molar-refractivity contribution in [2.24, 2.45) is 0 Å². The van der Waals surface area contributed by atoms with Crippen molar-refractivity contribution in [3.8, 4) is 0 Å². The van der Waals surface area contributed by atoms with Crippen molar-refractivity contribution in [2.75, 3.05) is 18.1 Å². The third-order valence-corrected chi connectivity index (χ3v) is 4.13. The van der Waals surface area contributed by atoms with Gasteiger partial charge in [0.25, 0.3) is 0 Å². The molecule has 2 aromatic carbocycles. The maximum Gasteiger partial charge on any atom is 0.0884 e. The standard InChI is InChI=1S/C17H19NO.B/c19-14-17(15-8-3-1-4-9-15)12-7-13-18(17)16-10-5-2-6-11-16;/h1-6,8-11,19H,7,12-14H2;/t17-;/m1./s1. The highest BCUT2D eigenvalue weighted by atomic mass is 16.3. The molecule has 0 aromatic heterocycles. The summed E-state index contributed by atoms with van der Waals surface area (Å²) < 4.78 is 0. The summed E-state index contributed by atoms with van der Waals surface area (Å²) in [6.45, 7) is 1.16. The summed E-state index contributed by atoms with van der Waals surface area (Å²) in [5.41, 5.74) is 2.14. The summed E-state index contributed by atoms with van der Waals surface area (Å²) >= 11 is 0. The molecule has 3 rings (SSSR count). The molecule has 0 bridgehead atoms. The molecule has 3 heteroatoms. The molecular formula is C17H19BNO. The fourth-order valence-corrected chi connectivity index (χ4v) is 3.17. The number of aliphatic hydroxyl groups excluding tert-OH is 1. The zero-order valence-corrected chi connectivity index (χ0v) is 11.6. The largest absolute Gasteiger partial charge is 0.394 e. The molecule has 0 amide bonds. The molecule has 1 heterocycles. The lowest BCUT2D eigenvalue weighted by Crippen LogP contribution is -2.44. The molecule has 0 aliphatic carbocycles. The molecule has 0 unspecified atom stereocenters. The van der Waals surface area contributed by atoms with Gasteiger partial charge in [-0.2, -0.15) is 0 Å². The van der Waals surface area contributed by atoms with Crippen LogP contribution in [0, 0.1) is 0 Å². The molecule has 1 saturated heterocycles. The van der Waals surface area contributed by atoms with Crippen LogP contribution in [0.1, 0.15) is 18.4 Å². The molecule has 2 aromatic rings. The van der Waals surface area contributed by atoms with E-state index in [1.54, 1.807) is 0 Å². The molecule has 1 atom stereocenters. The van der Waals surface area contributed by atoms with Crippen LogP contribution in [-0.2, 0) is 5.54 Å². The Hall–Kier alpha value is -1.74. The number of benzene rings is 2. The Bertz CT molecular complexity index is 531. The number of aliphatic hydroxyl groups is 1. The molecule has 3 radical (unpaired) electrons. The first-order chi connectivity index (χ1) is 9.37. The van der Waals surface area contributed by atoms with E-state index in [2.05, 4.69) is 41.3 Å². The molecule has 1 fully saturated rings. The molecule has 0 saturated carbocycles. The number of hydrogen-bond acceptors (Lipinski definition) is 2. The lowest BCUT2D eigenvalue weighted by Gasteiger charge is -2.39. The summed E-state index contributed by atoms with van der Waals surface area (Å²) in [6.07, 6.45) is 2.12. The van der Waals surface area contributed by atoms with Gasteiger partial charge in [0.1, 0.15) is 0 Å². The minimum atomic E-state index is -0.261. The van der Waals surface area contributed by atoms with E-state index in [4.69, 9.17) is 0 Å². The highest BCUT2D eigenvalue weighted by Crippen LogP contribution is 2.41. The highest BCUT2D eigenvalue weighted by Gasteiger charge is 2.41. The van der Waals surface area contributed by atoms with E-state index in [-0.39, 0.29) is 20.6 Å². The van der Waals surface area contributed by atoms with Crippen LogP contribution < -0.4 is 4.90 Å². The van der Waals surface area contributed by atoms with Crippen LogP contribution in [0.15, 0.2) is 60.7 Å². The molecule has 1 aliphatic rings. The van der Waals surface area contributed by atoms with E-state index in [0.29, 0.717) is 0 Å². The van der Waals surface area contributed by atoms with Crippen LogP contribution in [0.25, 0.3) is 0 Å². The van der Waals surface area contributed by atoms with E-state index < -0.39 is 0 Å². The smallest absolute Gasteiger partial charge is 0.0884 e. The average molecular weight is 264 g/mol. The quantitative estimate of drug-likeness (QED) is 0.862. The van der Waals surface area contributed by atoms with E-state index in [0.717, 1.165) is 19.4 Å². The number of rotatable bonds is 3. The van der Waals surface area contributed by atoms with Crippen LogP contribution in [0.4, 0.5) is 5.69 Å². The van der Waals surface area contributed by atoms with Crippen molar-refractivity contribution in [1.82, 2.24) is 0 Å². The van der Waals surface area contributed by atoms with Gasteiger partial charge in [0.05, 0.1) is 12.1 Å². The van der Waals surface area contributed by atoms with Gasteiger partial charge in [-0.1, -0.05) is 48.5 Å². The van der Waals surface area contributed by atoms with Crippen LogP contribution >= 0.6 is 0 Å². The Morgan fingerprint density at radius 2 is 1.55 bits per heavy atom. The zero-order valence-electron chi connectivity index (χ0n) is 11.6. The fraction of sp³-hybridized carbons (Fsp3) is 0.294. The van der Waals surface area contributed by atoms with Crippen LogP contribution in [0.5, 0.6) is 0 Å². The Kier molecular flexibility index (Phi) is 4.51. The number of hydrogen-bond donors (Lipinski definition) is 1. The van der Waals surface area contributed by atoms with Gasteiger partial charge in [-0.3, -0.25) is 0 Å². The summed E-state index contributed by atoms with van der Waals surface area (Å²) in [5, 5.41) is 10.1. The second kappa shape index (κ2) is 6.14. The van der Waals surface area contributed by atoms with E-state index in [1.807, 2.05) is 24.3 Å². The van der Waals surface area contributed by atoms with Crippen molar-refractivity contribution in [3.63, 3.8) is 0 Å². The van der Waals surface area contributed by atoms with Crippen molar-refractivity contribution in [1.29, 1.82) is 0 Å². The summed E-state index contributed by atoms with van der Waals surface area (Å²) in [5.74, 6) is 0. The summed E-state index contributed by atoms with van der Waals surface area (Å²) in [4.78, 5) is 2.35. The van der Waals surface area contributed by atoms with Gasteiger partial charge in [-0.05, 0) is 30.5 Å². The topological polar surface area (TPSA) is 23.5 Å². The molecule has 1 aliphatic heterocycles. The molecular weight excluding hydrogens is 245 g/mol.